The number of benzene rings is 2. The maximum atomic E-state index is 8.00. The summed E-state index contributed by atoms with van der Waals surface area (Å²) in [6.07, 6.45) is 5.34. The average molecular weight is 829 g/mol. The summed E-state index contributed by atoms with van der Waals surface area (Å²) in [5.74, 6) is 1.49. The van der Waals surface area contributed by atoms with Gasteiger partial charge in [-0.05, 0) is 84.7 Å². The van der Waals surface area contributed by atoms with Crippen LogP contribution in [0.3, 0.4) is 0 Å². The Morgan fingerprint density at radius 1 is 0.600 bits per heavy atom. The molecule has 0 unspecified atom stereocenters. The predicted molar refractivity (Wildman–Crippen MR) is 241 cm³/mol. The van der Waals surface area contributed by atoms with Gasteiger partial charge in [0.1, 0.15) is 8.68 Å². The maximum Gasteiger partial charge on any atom is 0.150 e. The monoisotopic (exact) mass is 827 g/mol. The highest BCUT2D eigenvalue weighted by molar-refractivity contribution is 8.00. The number of hydrogen-bond acceptors (Lipinski definition) is 9. The Balaban J connectivity index is 0.00000580. The molecule has 0 radical (unpaired) electrons. The van der Waals surface area contributed by atoms with Crippen molar-refractivity contribution in [2.45, 2.75) is 108 Å². The molecule has 2 N–H and O–H groups in total. The molecule has 0 aliphatic carbocycles. The highest BCUT2D eigenvalue weighted by atomic mass is 35.5. The van der Waals surface area contributed by atoms with Crippen molar-refractivity contribution in [2.75, 3.05) is 0 Å². The molecule has 4 aromatic heterocycles. The van der Waals surface area contributed by atoms with Gasteiger partial charge in [-0.3, -0.25) is 9.97 Å². The van der Waals surface area contributed by atoms with Gasteiger partial charge in [-0.1, -0.05) is 125 Å². The summed E-state index contributed by atoms with van der Waals surface area (Å²) in [6.45, 7) is 22.4. The van der Waals surface area contributed by atoms with Crippen molar-refractivity contribution in [1.29, 1.82) is 0 Å². The summed E-state index contributed by atoms with van der Waals surface area (Å²) in [4.78, 5) is 20.2. The molecule has 0 aliphatic rings. The third-order valence-electron chi connectivity index (χ3n) is 9.44. The number of nitrogens with zero attached hydrogens (tertiary/aromatic N) is 4. The lowest BCUT2D eigenvalue weighted by Gasteiger charge is -2.32. The Kier molecular flexibility index (Phi) is 14.1. The zero-order chi connectivity index (χ0) is 38.8. The van der Waals surface area contributed by atoms with E-state index in [-0.39, 0.29) is 23.2 Å². The van der Waals surface area contributed by atoms with Gasteiger partial charge in [-0.2, -0.15) is 0 Å². The van der Waals surface area contributed by atoms with Gasteiger partial charge in [-0.15, -0.1) is 35.1 Å². The van der Waals surface area contributed by atoms with Crippen molar-refractivity contribution < 1.29 is 0 Å². The number of hydrogen-bond donors (Lipinski definition) is 1. The number of rotatable bonds is 12. The van der Waals surface area contributed by atoms with Crippen LogP contribution < -0.4 is 5.73 Å². The summed E-state index contributed by atoms with van der Waals surface area (Å²) in [6, 6.07) is 17.4. The number of thiazole rings is 2. The lowest BCUT2D eigenvalue weighted by atomic mass is 9.78. The lowest BCUT2D eigenvalue weighted by molar-refractivity contribution is 0.401. The Bertz CT molecular complexity index is 2030. The van der Waals surface area contributed by atoms with Gasteiger partial charge in [0.25, 0.3) is 0 Å². The largest absolute Gasteiger partial charge is 0.320 e. The predicted octanol–water partition coefficient (Wildman–Crippen LogP) is 13.2. The topological polar surface area (TPSA) is 77.6 Å². The van der Waals surface area contributed by atoms with Crippen molar-refractivity contribution in [3.05, 3.63) is 128 Å². The number of pyridine rings is 2. The van der Waals surface area contributed by atoms with E-state index in [0.717, 1.165) is 78.1 Å². The molecule has 6 aromatic rings. The van der Waals surface area contributed by atoms with Crippen molar-refractivity contribution in [2.24, 2.45) is 16.6 Å². The van der Waals surface area contributed by atoms with Gasteiger partial charge in [0.15, 0.2) is 0 Å². The second-order valence-corrected chi connectivity index (χ2v) is 20.9. The van der Waals surface area contributed by atoms with Crippen LogP contribution in [0.2, 0.25) is 0 Å². The van der Waals surface area contributed by atoms with E-state index in [2.05, 4.69) is 128 Å². The minimum absolute atomic E-state index is 0. The van der Waals surface area contributed by atoms with Crippen molar-refractivity contribution in [3.8, 4) is 22.3 Å². The molecule has 0 saturated carbocycles. The molecule has 0 saturated heterocycles. The van der Waals surface area contributed by atoms with Gasteiger partial charge in [-0.25, -0.2) is 9.97 Å². The third kappa shape index (κ3) is 10.7. The van der Waals surface area contributed by atoms with Gasteiger partial charge in [0.05, 0.1) is 6.04 Å². The van der Waals surface area contributed by atoms with Crippen LogP contribution in [0, 0.1) is 38.5 Å². The van der Waals surface area contributed by atoms with Crippen LogP contribution in [-0.2, 0) is 24.3 Å². The fraction of sp³-hybridized carbons (Fsp3) is 0.378. The van der Waals surface area contributed by atoms with E-state index in [1.807, 2.05) is 23.2 Å². The van der Waals surface area contributed by atoms with Gasteiger partial charge >= 0.3 is 0 Å². The summed E-state index contributed by atoms with van der Waals surface area (Å²) in [7, 11) is 0. The number of halogens is 1. The van der Waals surface area contributed by atoms with Crippen LogP contribution in [0.4, 0.5) is 0 Å². The molecular weight excluding hydrogens is 774 g/mol. The first kappa shape index (κ1) is 43.1. The highest BCUT2D eigenvalue weighted by Crippen LogP contribution is 2.46. The fourth-order valence-corrected chi connectivity index (χ4v) is 10.5. The molecule has 290 valence electrons. The van der Waals surface area contributed by atoms with E-state index in [1.165, 1.54) is 33.4 Å². The average Bonchev–Trinajstić information content (AvgIpc) is 3.81. The molecule has 4 heterocycles. The first-order valence-electron chi connectivity index (χ1n) is 18.6. The lowest BCUT2D eigenvalue weighted by Crippen LogP contribution is -2.25. The third-order valence-corrected chi connectivity index (χ3v) is 13.4. The molecule has 0 spiro atoms. The molecule has 0 fully saturated rings. The summed E-state index contributed by atoms with van der Waals surface area (Å²) >= 11 is 6.89. The van der Waals surface area contributed by atoms with E-state index < -0.39 is 6.04 Å². The van der Waals surface area contributed by atoms with Crippen LogP contribution in [-0.4, -0.2) is 19.9 Å². The first-order chi connectivity index (χ1) is 25.6. The Hall–Kier alpha value is -3.05. The van der Waals surface area contributed by atoms with Crippen LogP contribution in [0.25, 0.3) is 22.3 Å². The SMILES string of the molecule is Cc1ccc(-c2c(CSc3nccs3)c(C)nc(CC(C)(C)C)c2C(N)c2c(CC(C)(C)C)nc(C)c(CSc3nccs3)c2-c2ccc(C)cc2)cc1.Cl. The van der Waals surface area contributed by atoms with Crippen molar-refractivity contribution in [3.63, 3.8) is 0 Å². The number of thioether (sulfide) groups is 2. The van der Waals surface area contributed by atoms with Gasteiger partial charge in [0.2, 0.25) is 0 Å². The smallest absolute Gasteiger partial charge is 0.150 e. The summed E-state index contributed by atoms with van der Waals surface area (Å²) < 4.78 is 2.10. The van der Waals surface area contributed by atoms with E-state index in [1.54, 1.807) is 46.2 Å². The molecule has 0 bridgehead atoms. The fourth-order valence-electron chi connectivity index (χ4n) is 7.01. The zero-order valence-electron chi connectivity index (χ0n) is 33.7. The van der Waals surface area contributed by atoms with Gasteiger partial charge < -0.3 is 5.73 Å². The Morgan fingerprint density at radius 2 is 0.964 bits per heavy atom. The molecule has 55 heavy (non-hydrogen) atoms. The summed E-state index contributed by atoms with van der Waals surface area (Å²) in [5.41, 5.74) is 23.9. The second kappa shape index (κ2) is 18.0. The van der Waals surface area contributed by atoms with Crippen LogP contribution in [0.15, 0.2) is 80.4 Å². The second-order valence-electron chi connectivity index (χ2n) is 16.7. The molecule has 6 rings (SSSR count). The van der Waals surface area contributed by atoms with E-state index in [9.17, 15) is 0 Å². The minimum atomic E-state index is -0.499. The normalized spacial score (nSPS) is 12.0. The quantitative estimate of drug-likeness (QED) is 0.123. The zero-order valence-corrected chi connectivity index (χ0v) is 37.8. The van der Waals surface area contributed by atoms with Crippen molar-refractivity contribution in [1.82, 2.24) is 19.9 Å². The summed E-state index contributed by atoms with van der Waals surface area (Å²) in [5, 5.41) is 4.08. The number of aryl methyl sites for hydroxylation is 4. The van der Waals surface area contributed by atoms with E-state index >= 15 is 0 Å². The Labute approximate surface area is 351 Å². The van der Waals surface area contributed by atoms with Crippen LogP contribution in [0.1, 0.15) is 104 Å². The minimum Gasteiger partial charge on any atom is -0.320 e. The molecule has 0 amide bonds. The number of aromatic nitrogens is 4. The first-order valence-corrected chi connectivity index (χ1v) is 22.3. The molecular formula is C45H54ClN5S4. The van der Waals surface area contributed by atoms with Crippen LogP contribution >= 0.6 is 58.6 Å². The molecule has 2 aromatic carbocycles. The molecule has 10 heteroatoms. The van der Waals surface area contributed by atoms with Crippen molar-refractivity contribution >= 4 is 58.6 Å². The maximum absolute atomic E-state index is 8.00. The Morgan fingerprint density at radius 3 is 1.27 bits per heavy atom. The van der Waals surface area contributed by atoms with Crippen LogP contribution in [0.5, 0.6) is 0 Å². The highest BCUT2D eigenvalue weighted by Gasteiger charge is 2.33. The standard InChI is InChI=1S/C45H53N5S4.ClH/c1-27-11-15-31(16-12-27)37-33(25-53-42-47-19-21-51-42)29(3)49-35(23-44(5,6)7)39(37)41(46)40-36(24-45(8,9)10)50-30(4)34(26-54-43-48-20-22-52-43)38(40)32-17-13-28(2)14-18-32;/h11-22,41H,23-26,46H2,1-10H3;1H. The molecule has 0 atom stereocenters. The molecule has 5 nitrogen and oxygen atoms in total. The van der Waals surface area contributed by atoms with E-state index in [0.29, 0.717) is 0 Å². The number of nitrogens with two attached hydrogens (primary N) is 1. The van der Waals surface area contributed by atoms with E-state index in [4.69, 9.17) is 15.7 Å². The molecule has 0 aliphatic heterocycles. The van der Waals surface area contributed by atoms with Gasteiger partial charge in [0, 0.05) is 68.6 Å².